The normalized spacial score (nSPS) is 17.9. The fraction of sp³-hybridized carbons (Fsp3) is 0.500. The van der Waals surface area contributed by atoms with Crippen LogP contribution >= 0.6 is 15.9 Å². The summed E-state index contributed by atoms with van der Waals surface area (Å²) in [7, 11) is 0. The van der Waals surface area contributed by atoms with E-state index in [1.807, 2.05) is 0 Å². The van der Waals surface area contributed by atoms with Gasteiger partial charge in [0.25, 0.3) is 0 Å². The van der Waals surface area contributed by atoms with Crippen molar-refractivity contribution in [2.24, 2.45) is 5.92 Å². The fourth-order valence-corrected chi connectivity index (χ4v) is 2.17. The number of benzene rings is 1. The number of hydrogen-bond donors (Lipinski definition) is 1. The smallest absolute Gasteiger partial charge is 0.0353 e. The summed E-state index contributed by atoms with van der Waals surface area (Å²) in [4.78, 5) is 0. The van der Waals surface area contributed by atoms with E-state index in [2.05, 4.69) is 52.4 Å². The van der Waals surface area contributed by atoms with Crippen LogP contribution in [0.25, 0.3) is 0 Å². The van der Waals surface area contributed by atoms with Crippen LogP contribution < -0.4 is 5.32 Å². The maximum absolute atomic E-state index is 3.52. The van der Waals surface area contributed by atoms with Gasteiger partial charge in [-0.25, -0.2) is 0 Å². The average molecular weight is 254 g/mol. The van der Waals surface area contributed by atoms with E-state index < -0.39 is 0 Å². The van der Waals surface area contributed by atoms with Crippen molar-refractivity contribution in [1.29, 1.82) is 0 Å². The van der Waals surface area contributed by atoms with Gasteiger partial charge in [-0.1, -0.05) is 34.8 Å². The summed E-state index contributed by atoms with van der Waals surface area (Å²) in [6.45, 7) is 2.26. The molecule has 1 nitrogen and oxygen atoms in total. The highest BCUT2D eigenvalue weighted by molar-refractivity contribution is 9.10. The number of rotatable bonds is 4. The summed E-state index contributed by atoms with van der Waals surface area (Å²) in [6.07, 6.45) is 4.18. The zero-order chi connectivity index (χ0) is 9.97. The van der Waals surface area contributed by atoms with Crippen LogP contribution in [0.4, 0.5) is 5.69 Å². The molecule has 0 aliphatic heterocycles. The van der Waals surface area contributed by atoms with Crippen molar-refractivity contribution in [3.63, 3.8) is 0 Å². The van der Waals surface area contributed by atoms with Gasteiger partial charge in [0.1, 0.15) is 0 Å². The lowest BCUT2D eigenvalue weighted by Crippen LogP contribution is -2.15. The second kappa shape index (κ2) is 4.35. The predicted molar refractivity (Wildman–Crippen MR) is 64.6 cm³/mol. The molecule has 0 spiro atoms. The van der Waals surface area contributed by atoms with Gasteiger partial charge < -0.3 is 5.32 Å². The van der Waals surface area contributed by atoms with Crippen molar-refractivity contribution in [2.45, 2.75) is 32.2 Å². The van der Waals surface area contributed by atoms with Crippen LogP contribution in [0.2, 0.25) is 0 Å². The minimum absolute atomic E-state index is 0.594. The van der Waals surface area contributed by atoms with E-state index in [-0.39, 0.29) is 0 Å². The third-order valence-electron chi connectivity index (χ3n) is 2.62. The molecule has 2 heteroatoms. The van der Waals surface area contributed by atoms with Crippen LogP contribution in [-0.4, -0.2) is 6.04 Å². The van der Waals surface area contributed by atoms with Crippen molar-refractivity contribution in [2.75, 3.05) is 5.32 Å². The second-order valence-electron chi connectivity index (χ2n) is 4.23. The van der Waals surface area contributed by atoms with Crippen LogP contribution in [0.5, 0.6) is 0 Å². The Morgan fingerprint density at radius 1 is 1.50 bits per heavy atom. The van der Waals surface area contributed by atoms with Crippen molar-refractivity contribution in [3.8, 4) is 0 Å². The number of hydrogen-bond acceptors (Lipinski definition) is 1. The molecule has 1 N–H and O–H groups in total. The largest absolute Gasteiger partial charge is 0.383 e. The van der Waals surface area contributed by atoms with Gasteiger partial charge in [0.05, 0.1) is 0 Å². The predicted octanol–water partition coefficient (Wildman–Crippen LogP) is 4.05. The molecule has 0 aromatic heterocycles. The van der Waals surface area contributed by atoms with E-state index >= 15 is 0 Å². The molecule has 1 aliphatic rings. The summed E-state index contributed by atoms with van der Waals surface area (Å²) < 4.78 is 1.14. The number of anilines is 1. The molecular weight excluding hydrogens is 238 g/mol. The maximum Gasteiger partial charge on any atom is 0.0353 e. The van der Waals surface area contributed by atoms with Crippen LogP contribution in [0.15, 0.2) is 28.7 Å². The third kappa shape index (κ3) is 3.02. The van der Waals surface area contributed by atoms with E-state index in [9.17, 15) is 0 Å². The molecule has 0 radical (unpaired) electrons. The van der Waals surface area contributed by atoms with E-state index in [4.69, 9.17) is 0 Å². The van der Waals surface area contributed by atoms with E-state index in [1.54, 1.807) is 0 Å². The first-order valence-electron chi connectivity index (χ1n) is 5.26. The Morgan fingerprint density at radius 3 is 2.93 bits per heavy atom. The highest BCUT2D eigenvalue weighted by atomic mass is 79.9. The zero-order valence-corrected chi connectivity index (χ0v) is 10.0. The van der Waals surface area contributed by atoms with Crippen LogP contribution in [-0.2, 0) is 0 Å². The van der Waals surface area contributed by atoms with Gasteiger partial charge in [-0.3, -0.25) is 0 Å². The van der Waals surface area contributed by atoms with Gasteiger partial charge >= 0.3 is 0 Å². The molecule has 2 rings (SSSR count). The first kappa shape index (κ1) is 10.0. The van der Waals surface area contributed by atoms with E-state index in [1.165, 1.54) is 24.9 Å². The lowest BCUT2D eigenvalue weighted by Gasteiger charge is -2.14. The molecule has 1 unspecified atom stereocenters. The van der Waals surface area contributed by atoms with Gasteiger partial charge in [0, 0.05) is 16.2 Å². The van der Waals surface area contributed by atoms with Crippen LogP contribution in [0.1, 0.15) is 26.2 Å². The minimum Gasteiger partial charge on any atom is -0.383 e. The number of halogens is 1. The lowest BCUT2D eigenvalue weighted by molar-refractivity contribution is 0.642. The quantitative estimate of drug-likeness (QED) is 0.854. The summed E-state index contributed by atoms with van der Waals surface area (Å²) in [5.74, 6) is 0.990. The molecule has 0 heterocycles. The Balaban J connectivity index is 1.88. The standard InChI is InChI=1S/C12H16BrN/c1-9(7-10-5-6-10)14-12-4-2-3-11(13)8-12/h2-4,8-10,14H,5-7H2,1H3. The molecule has 0 amide bonds. The van der Waals surface area contributed by atoms with E-state index in [0.29, 0.717) is 6.04 Å². The fourth-order valence-electron chi connectivity index (χ4n) is 1.78. The monoisotopic (exact) mass is 253 g/mol. The lowest BCUT2D eigenvalue weighted by atomic mass is 10.1. The first-order chi connectivity index (χ1) is 6.74. The summed E-state index contributed by atoms with van der Waals surface area (Å²) in [5, 5.41) is 3.52. The molecule has 1 atom stereocenters. The molecular formula is C12H16BrN. The maximum atomic E-state index is 3.52. The molecule has 1 fully saturated rings. The Hall–Kier alpha value is -0.500. The average Bonchev–Trinajstić information content (AvgIpc) is 2.87. The SMILES string of the molecule is CC(CC1CC1)Nc1cccc(Br)c1. The van der Waals surface area contributed by atoms with Gasteiger partial charge in [-0.2, -0.15) is 0 Å². The molecule has 1 saturated carbocycles. The Kier molecular flexibility index (Phi) is 3.12. The van der Waals surface area contributed by atoms with Crippen molar-refractivity contribution in [1.82, 2.24) is 0 Å². The Labute approximate surface area is 94.0 Å². The van der Waals surface area contributed by atoms with Crippen molar-refractivity contribution < 1.29 is 0 Å². The highest BCUT2D eigenvalue weighted by Crippen LogP contribution is 2.34. The first-order valence-corrected chi connectivity index (χ1v) is 6.05. The van der Waals surface area contributed by atoms with Gasteiger partial charge in [0.15, 0.2) is 0 Å². The molecule has 1 aromatic carbocycles. The van der Waals surface area contributed by atoms with Gasteiger partial charge in [-0.05, 0) is 37.5 Å². The molecule has 1 aliphatic carbocycles. The highest BCUT2D eigenvalue weighted by Gasteiger charge is 2.23. The third-order valence-corrected chi connectivity index (χ3v) is 3.11. The van der Waals surface area contributed by atoms with Crippen molar-refractivity contribution in [3.05, 3.63) is 28.7 Å². The molecule has 14 heavy (non-hydrogen) atoms. The summed E-state index contributed by atoms with van der Waals surface area (Å²) >= 11 is 3.48. The number of nitrogens with one attached hydrogen (secondary N) is 1. The van der Waals surface area contributed by atoms with Gasteiger partial charge in [0.2, 0.25) is 0 Å². The second-order valence-corrected chi connectivity index (χ2v) is 5.15. The molecule has 0 saturated heterocycles. The topological polar surface area (TPSA) is 12.0 Å². The Morgan fingerprint density at radius 2 is 2.29 bits per heavy atom. The van der Waals surface area contributed by atoms with Crippen LogP contribution in [0, 0.1) is 5.92 Å². The summed E-state index contributed by atoms with van der Waals surface area (Å²) in [5.41, 5.74) is 1.22. The van der Waals surface area contributed by atoms with Gasteiger partial charge in [-0.15, -0.1) is 0 Å². The zero-order valence-electron chi connectivity index (χ0n) is 8.46. The van der Waals surface area contributed by atoms with Crippen LogP contribution in [0.3, 0.4) is 0 Å². The Bertz CT molecular complexity index is 307. The summed E-state index contributed by atoms with van der Waals surface area (Å²) in [6, 6.07) is 8.96. The minimum atomic E-state index is 0.594. The molecule has 1 aromatic rings. The molecule has 76 valence electrons. The molecule has 0 bridgehead atoms. The van der Waals surface area contributed by atoms with Crippen molar-refractivity contribution >= 4 is 21.6 Å². The van der Waals surface area contributed by atoms with E-state index in [0.717, 1.165) is 10.4 Å².